The van der Waals surface area contributed by atoms with Gasteiger partial charge in [-0.1, -0.05) is 18.2 Å². The Hall–Kier alpha value is -2.54. The van der Waals surface area contributed by atoms with E-state index in [0.29, 0.717) is 10.8 Å². The Bertz CT molecular complexity index is 876. The van der Waals surface area contributed by atoms with E-state index < -0.39 is 5.97 Å². The SMILES string of the molecule is CCOC(=O)c1c(SC)nn(-c2ccc3ccccc3n2)c1N. The van der Waals surface area contributed by atoms with E-state index in [1.165, 1.54) is 16.4 Å². The average molecular weight is 328 g/mol. The quantitative estimate of drug-likeness (QED) is 0.586. The number of carbonyl (C=O) groups excluding carboxylic acids is 1. The van der Waals surface area contributed by atoms with Gasteiger partial charge in [-0.2, -0.15) is 9.78 Å². The van der Waals surface area contributed by atoms with Crippen LogP contribution in [-0.4, -0.2) is 33.6 Å². The third-order valence-electron chi connectivity index (χ3n) is 3.36. The van der Waals surface area contributed by atoms with Crippen molar-refractivity contribution in [3.8, 4) is 5.82 Å². The molecule has 1 aromatic carbocycles. The Morgan fingerprint density at radius 2 is 2.09 bits per heavy atom. The Kier molecular flexibility index (Phi) is 4.20. The van der Waals surface area contributed by atoms with Crippen LogP contribution in [0.4, 0.5) is 5.82 Å². The summed E-state index contributed by atoms with van der Waals surface area (Å²) in [4.78, 5) is 16.7. The number of nitrogens with two attached hydrogens (primary N) is 1. The number of nitrogens with zero attached hydrogens (tertiary/aromatic N) is 3. The number of thioether (sulfide) groups is 1. The third-order valence-corrected chi connectivity index (χ3v) is 4.04. The van der Waals surface area contributed by atoms with Crippen LogP contribution >= 0.6 is 11.8 Å². The molecule has 0 atom stereocenters. The number of benzene rings is 1. The van der Waals surface area contributed by atoms with Crippen molar-refractivity contribution in [2.24, 2.45) is 0 Å². The van der Waals surface area contributed by atoms with Crippen LogP contribution in [0.25, 0.3) is 16.7 Å². The number of hydrogen-bond acceptors (Lipinski definition) is 6. The fraction of sp³-hybridized carbons (Fsp3) is 0.188. The van der Waals surface area contributed by atoms with Crippen molar-refractivity contribution in [3.05, 3.63) is 42.0 Å². The minimum absolute atomic E-state index is 0.232. The lowest BCUT2D eigenvalue weighted by molar-refractivity contribution is 0.0523. The number of aromatic nitrogens is 3. The molecular weight excluding hydrogens is 312 g/mol. The van der Waals surface area contributed by atoms with Crippen LogP contribution in [0.5, 0.6) is 0 Å². The molecule has 0 aliphatic heterocycles. The minimum atomic E-state index is -0.471. The maximum Gasteiger partial charge on any atom is 0.344 e. The summed E-state index contributed by atoms with van der Waals surface area (Å²) in [7, 11) is 0. The van der Waals surface area contributed by atoms with Crippen molar-refractivity contribution in [1.82, 2.24) is 14.8 Å². The van der Waals surface area contributed by atoms with Crippen LogP contribution in [-0.2, 0) is 4.74 Å². The van der Waals surface area contributed by atoms with Crippen LogP contribution in [0, 0.1) is 0 Å². The van der Waals surface area contributed by atoms with Crippen molar-refractivity contribution in [2.75, 3.05) is 18.6 Å². The Morgan fingerprint density at radius 3 is 2.83 bits per heavy atom. The van der Waals surface area contributed by atoms with E-state index in [1.807, 2.05) is 42.7 Å². The fourth-order valence-corrected chi connectivity index (χ4v) is 2.85. The van der Waals surface area contributed by atoms with Gasteiger partial charge in [-0.25, -0.2) is 9.78 Å². The molecule has 2 aromatic heterocycles. The molecule has 23 heavy (non-hydrogen) atoms. The van der Waals surface area contributed by atoms with Crippen LogP contribution in [0.2, 0.25) is 0 Å². The van der Waals surface area contributed by atoms with Crippen LogP contribution < -0.4 is 5.73 Å². The molecule has 0 aliphatic rings. The average Bonchev–Trinajstić information content (AvgIpc) is 2.91. The summed E-state index contributed by atoms with van der Waals surface area (Å²) < 4.78 is 6.54. The van der Waals surface area contributed by atoms with Gasteiger partial charge in [-0.05, 0) is 31.4 Å². The van der Waals surface area contributed by atoms with Crippen LogP contribution in [0.3, 0.4) is 0 Å². The highest BCUT2D eigenvalue weighted by Gasteiger charge is 2.24. The van der Waals surface area contributed by atoms with E-state index in [2.05, 4.69) is 10.1 Å². The lowest BCUT2D eigenvalue weighted by atomic mass is 10.2. The lowest BCUT2D eigenvalue weighted by Crippen LogP contribution is -2.10. The molecule has 2 N–H and O–H groups in total. The number of pyridine rings is 1. The number of rotatable bonds is 4. The summed E-state index contributed by atoms with van der Waals surface area (Å²) in [6.07, 6.45) is 1.84. The molecule has 2 heterocycles. The summed E-state index contributed by atoms with van der Waals surface area (Å²) in [6.45, 7) is 2.04. The monoisotopic (exact) mass is 328 g/mol. The van der Waals surface area contributed by atoms with Gasteiger partial charge in [0.15, 0.2) is 5.82 Å². The molecule has 0 spiro atoms. The van der Waals surface area contributed by atoms with E-state index >= 15 is 0 Å². The number of para-hydroxylation sites is 1. The second-order valence-electron chi connectivity index (χ2n) is 4.76. The standard InChI is InChI=1S/C16H16N4O2S/c1-3-22-16(21)13-14(17)20(19-15(13)23-2)12-9-8-10-6-4-5-7-11(10)18-12/h4-9H,3,17H2,1-2H3. The normalized spacial score (nSPS) is 10.9. The zero-order valence-corrected chi connectivity index (χ0v) is 13.6. The third kappa shape index (κ3) is 2.75. The topological polar surface area (TPSA) is 83.0 Å². The van der Waals surface area contributed by atoms with Crippen LogP contribution in [0.15, 0.2) is 41.4 Å². The first-order valence-corrected chi connectivity index (χ1v) is 8.34. The number of fused-ring (bicyclic) bond motifs is 1. The molecule has 0 radical (unpaired) electrons. The maximum atomic E-state index is 12.1. The summed E-state index contributed by atoms with van der Waals surface area (Å²) >= 11 is 1.34. The van der Waals surface area contributed by atoms with Crippen molar-refractivity contribution < 1.29 is 9.53 Å². The molecule has 0 fully saturated rings. The fourth-order valence-electron chi connectivity index (χ4n) is 2.30. The van der Waals surface area contributed by atoms with Gasteiger partial charge in [0.1, 0.15) is 16.4 Å². The summed E-state index contributed by atoms with van der Waals surface area (Å²) in [6, 6.07) is 11.5. The van der Waals surface area contributed by atoms with Crippen molar-refractivity contribution in [2.45, 2.75) is 11.9 Å². The summed E-state index contributed by atoms with van der Waals surface area (Å²) in [5, 5.41) is 5.95. The predicted molar refractivity (Wildman–Crippen MR) is 91.0 cm³/mol. The molecule has 0 saturated heterocycles. The van der Waals surface area contributed by atoms with Gasteiger partial charge in [0.25, 0.3) is 0 Å². The molecule has 6 nitrogen and oxygen atoms in total. The molecule has 0 amide bonds. The molecule has 3 rings (SSSR count). The zero-order chi connectivity index (χ0) is 16.4. The smallest absolute Gasteiger partial charge is 0.344 e. The number of esters is 1. The molecule has 0 aliphatic carbocycles. The minimum Gasteiger partial charge on any atom is -0.462 e. The Morgan fingerprint density at radius 1 is 1.30 bits per heavy atom. The van der Waals surface area contributed by atoms with Crippen LogP contribution in [0.1, 0.15) is 17.3 Å². The molecule has 7 heteroatoms. The molecule has 118 valence electrons. The van der Waals surface area contributed by atoms with Crippen molar-refractivity contribution in [3.63, 3.8) is 0 Å². The first kappa shape index (κ1) is 15.4. The largest absolute Gasteiger partial charge is 0.462 e. The molecular formula is C16H16N4O2S. The van der Waals surface area contributed by atoms with E-state index in [4.69, 9.17) is 10.5 Å². The van der Waals surface area contributed by atoms with Gasteiger partial charge >= 0.3 is 5.97 Å². The van der Waals surface area contributed by atoms with E-state index in [0.717, 1.165) is 10.9 Å². The number of anilines is 1. The number of hydrogen-bond donors (Lipinski definition) is 1. The van der Waals surface area contributed by atoms with Gasteiger partial charge in [0.05, 0.1) is 12.1 Å². The highest BCUT2D eigenvalue weighted by molar-refractivity contribution is 7.98. The second kappa shape index (κ2) is 6.29. The Labute approximate surface area is 137 Å². The zero-order valence-electron chi connectivity index (χ0n) is 12.8. The predicted octanol–water partition coefficient (Wildman–Crippen LogP) is 2.90. The lowest BCUT2D eigenvalue weighted by Gasteiger charge is -2.05. The van der Waals surface area contributed by atoms with Gasteiger partial charge in [0.2, 0.25) is 0 Å². The van der Waals surface area contributed by atoms with E-state index in [1.54, 1.807) is 6.92 Å². The Balaban J connectivity index is 2.13. The second-order valence-corrected chi connectivity index (χ2v) is 5.56. The highest BCUT2D eigenvalue weighted by atomic mass is 32.2. The summed E-state index contributed by atoms with van der Waals surface area (Å²) in [5.74, 6) is 0.323. The number of carbonyl (C=O) groups is 1. The van der Waals surface area contributed by atoms with Gasteiger partial charge in [-0.3, -0.25) is 0 Å². The van der Waals surface area contributed by atoms with Crippen molar-refractivity contribution in [1.29, 1.82) is 0 Å². The van der Waals surface area contributed by atoms with Crippen molar-refractivity contribution >= 4 is 34.5 Å². The number of nitrogen functional groups attached to an aromatic ring is 1. The molecule has 3 aromatic rings. The maximum absolute atomic E-state index is 12.1. The van der Waals surface area contributed by atoms with E-state index in [-0.39, 0.29) is 18.0 Å². The molecule has 0 unspecified atom stereocenters. The number of ether oxygens (including phenoxy) is 1. The van der Waals surface area contributed by atoms with Gasteiger partial charge < -0.3 is 10.5 Å². The van der Waals surface area contributed by atoms with E-state index in [9.17, 15) is 4.79 Å². The summed E-state index contributed by atoms with van der Waals surface area (Å²) in [5.41, 5.74) is 7.26. The van der Waals surface area contributed by atoms with Gasteiger partial charge in [-0.15, -0.1) is 11.8 Å². The molecule has 0 bridgehead atoms. The first-order chi connectivity index (χ1) is 11.2. The van der Waals surface area contributed by atoms with Gasteiger partial charge in [0, 0.05) is 5.39 Å². The first-order valence-electron chi connectivity index (χ1n) is 7.11. The highest BCUT2D eigenvalue weighted by Crippen LogP contribution is 2.28. The molecule has 0 saturated carbocycles.